The molecule has 0 aliphatic rings. The number of imidazole rings is 1. The average molecular weight is 257 g/mol. The molecule has 1 N–H and O–H groups in total. The van der Waals surface area contributed by atoms with E-state index in [1.54, 1.807) is 11.8 Å². The van der Waals surface area contributed by atoms with Gasteiger partial charge in [-0.25, -0.2) is 4.98 Å². The molecule has 0 saturated heterocycles. The Balaban J connectivity index is 2.03. The number of nitrogens with one attached hydrogen (secondary N) is 1. The lowest BCUT2D eigenvalue weighted by molar-refractivity contribution is 0.893. The second-order valence-corrected chi connectivity index (χ2v) is 5.36. The highest BCUT2D eigenvalue weighted by Crippen LogP contribution is 2.25. The molecule has 0 saturated carbocycles. The fourth-order valence-corrected chi connectivity index (χ4v) is 2.95. The Hall–Kier alpha value is -1.55. The summed E-state index contributed by atoms with van der Waals surface area (Å²) < 4.78 is 0. The summed E-state index contributed by atoms with van der Waals surface area (Å²) in [7, 11) is 0. The standard InChI is InChI=1S/C14H15N3S/c1-2-3-9-18-14-16-12-7-6-11-10(13(12)17-14)5-4-8-15-11/h4-8H,2-3,9H2,1H3,(H,16,17). The molecule has 2 aromatic heterocycles. The van der Waals surface area contributed by atoms with Crippen LogP contribution in [0.3, 0.4) is 0 Å². The van der Waals surface area contributed by atoms with Crippen LogP contribution in [0.4, 0.5) is 0 Å². The first-order valence-corrected chi connectivity index (χ1v) is 7.23. The van der Waals surface area contributed by atoms with Crippen molar-refractivity contribution in [3.8, 4) is 0 Å². The van der Waals surface area contributed by atoms with Gasteiger partial charge in [-0.1, -0.05) is 25.1 Å². The number of pyridine rings is 1. The van der Waals surface area contributed by atoms with E-state index in [0.29, 0.717) is 0 Å². The Morgan fingerprint density at radius 1 is 1.28 bits per heavy atom. The minimum absolute atomic E-state index is 1.00. The molecule has 0 amide bonds. The van der Waals surface area contributed by atoms with Crippen LogP contribution in [0.5, 0.6) is 0 Å². The molecule has 0 aliphatic heterocycles. The number of aromatic amines is 1. The van der Waals surface area contributed by atoms with Gasteiger partial charge in [-0.15, -0.1) is 0 Å². The van der Waals surface area contributed by atoms with Gasteiger partial charge in [0.05, 0.1) is 16.6 Å². The Labute approximate surface area is 110 Å². The van der Waals surface area contributed by atoms with Crippen molar-refractivity contribution in [1.82, 2.24) is 15.0 Å². The number of aromatic nitrogens is 3. The zero-order valence-corrected chi connectivity index (χ0v) is 11.1. The summed E-state index contributed by atoms with van der Waals surface area (Å²) in [5.41, 5.74) is 3.12. The van der Waals surface area contributed by atoms with Gasteiger partial charge in [0.25, 0.3) is 0 Å². The topological polar surface area (TPSA) is 41.6 Å². The van der Waals surface area contributed by atoms with E-state index in [9.17, 15) is 0 Å². The highest BCUT2D eigenvalue weighted by molar-refractivity contribution is 7.99. The third-order valence-corrected chi connectivity index (χ3v) is 3.91. The molecular formula is C14H15N3S. The van der Waals surface area contributed by atoms with Crippen LogP contribution in [-0.4, -0.2) is 20.7 Å². The van der Waals surface area contributed by atoms with Crippen molar-refractivity contribution in [2.75, 3.05) is 5.75 Å². The van der Waals surface area contributed by atoms with Crippen LogP contribution in [0.1, 0.15) is 19.8 Å². The van der Waals surface area contributed by atoms with Crippen LogP contribution in [0.15, 0.2) is 35.6 Å². The molecule has 0 radical (unpaired) electrons. The van der Waals surface area contributed by atoms with E-state index in [1.807, 2.05) is 18.3 Å². The molecule has 0 atom stereocenters. The van der Waals surface area contributed by atoms with Gasteiger partial charge in [0.1, 0.15) is 0 Å². The highest BCUT2D eigenvalue weighted by atomic mass is 32.2. The van der Waals surface area contributed by atoms with Crippen molar-refractivity contribution in [3.05, 3.63) is 30.5 Å². The zero-order chi connectivity index (χ0) is 12.4. The van der Waals surface area contributed by atoms with Gasteiger partial charge >= 0.3 is 0 Å². The smallest absolute Gasteiger partial charge is 0.166 e. The van der Waals surface area contributed by atoms with Crippen molar-refractivity contribution in [2.45, 2.75) is 24.9 Å². The lowest BCUT2D eigenvalue weighted by atomic mass is 10.2. The van der Waals surface area contributed by atoms with Gasteiger partial charge in [0, 0.05) is 17.3 Å². The number of H-pyrrole nitrogens is 1. The Kier molecular flexibility index (Phi) is 3.19. The van der Waals surface area contributed by atoms with Gasteiger partial charge in [0.2, 0.25) is 0 Å². The first-order chi connectivity index (χ1) is 8.88. The fraction of sp³-hybridized carbons (Fsp3) is 0.286. The van der Waals surface area contributed by atoms with Crippen LogP contribution < -0.4 is 0 Å². The van der Waals surface area contributed by atoms with Crippen LogP contribution in [0.25, 0.3) is 21.9 Å². The monoisotopic (exact) mass is 257 g/mol. The number of rotatable bonds is 4. The largest absolute Gasteiger partial charge is 0.333 e. The SMILES string of the molecule is CCCCSc1nc2c(ccc3ncccc32)[nH]1. The maximum Gasteiger partial charge on any atom is 0.166 e. The van der Waals surface area contributed by atoms with Crippen molar-refractivity contribution >= 4 is 33.7 Å². The number of benzene rings is 1. The average Bonchev–Trinajstić information content (AvgIpc) is 2.82. The number of hydrogen-bond acceptors (Lipinski definition) is 3. The molecule has 3 aromatic rings. The summed E-state index contributed by atoms with van der Waals surface area (Å²) in [6, 6.07) is 8.13. The molecule has 1 aromatic carbocycles. The third kappa shape index (κ3) is 2.08. The Morgan fingerprint density at radius 2 is 2.22 bits per heavy atom. The Bertz CT molecular complexity index is 675. The maximum absolute atomic E-state index is 4.68. The second kappa shape index (κ2) is 4.98. The van der Waals surface area contributed by atoms with E-state index in [-0.39, 0.29) is 0 Å². The molecule has 92 valence electrons. The summed E-state index contributed by atoms with van der Waals surface area (Å²) in [6.07, 6.45) is 4.27. The first kappa shape index (κ1) is 11.5. The molecule has 18 heavy (non-hydrogen) atoms. The van der Waals surface area contributed by atoms with Crippen LogP contribution in [-0.2, 0) is 0 Å². The molecule has 2 heterocycles. The summed E-state index contributed by atoms with van der Waals surface area (Å²) >= 11 is 1.79. The van der Waals surface area contributed by atoms with Gasteiger partial charge in [-0.05, 0) is 30.7 Å². The van der Waals surface area contributed by atoms with Crippen molar-refractivity contribution < 1.29 is 0 Å². The van der Waals surface area contributed by atoms with Crippen LogP contribution >= 0.6 is 11.8 Å². The fourth-order valence-electron chi connectivity index (χ4n) is 1.98. The molecule has 3 nitrogen and oxygen atoms in total. The van der Waals surface area contributed by atoms with Crippen LogP contribution in [0, 0.1) is 0 Å². The number of hydrogen-bond donors (Lipinski definition) is 1. The van der Waals surface area contributed by atoms with Crippen molar-refractivity contribution in [2.24, 2.45) is 0 Å². The molecular weight excluding hydrogens is 242 g/mol. The number of thioether (sulfide) groups is 1. The lowest BCUT2D eigenvalue weighted by Crippen LogP contribution is -1.80. The summed E-state index contributed by atoms with van der Waals surface area (Å²) in [5.74, 6) is 1.12. The molecule has 0 aliphatic carbocycles. The normalized spacial score (nSPS) is 11.4. The number of nitrogens with zero attached hydrogens (tertiary/aromatic N) is 2. The van der Waals surface area contributed by atoms with E-state index in [4.69, 9.17) is 0 Å². The van der Waals surface area contributed by atoms with E-state index in [0.717, 1.165) is 32.8 Å². The molecule has 4 heteroatoms. The van der Waals surface area contributed by atoms with Gasteiger partial charge in [-0.3, -0.25) is 4.98 Å². The summed E-state index contributed by atoms with van der Waals surface area (Å²) in [5, 5.41) is 2.13. The number of unbranched alkanes of at least 4 members (excludes halogenated alkanes) is 1. The number of fused-ring (bicyclic) bond motifs is 3. The van der Waals surface area contributed by atoms with Gasteiger partial charge in [0.15, 0.2) is 5.16 Å². The van der Waals surface area contributed by atoms with E-state index in [1.165, 1.54) is 12.8 Å². The first-order valence-electron chi connectivity index (χ1n) is 6.24. The predicted molar refractivity (Wildman–Crippen MR) is 77.0 cm³/mol. The minimum Gasteiger partial charge on any atom is -0.333 e. The van der Waals surface area contributed by atoms with Crippen molar-refractivity contribution in [3.63, 3.8) is 0 Å². The predicted octanol–water partition coefficient (Wildman–Crippen LogP) is 4.00. The summed E-state index contributed by atoms with van der Waals surface area (Å²) in [4.78, 5) is 12.4. The van der Waals surface area contributed by atoms with Gasteiger partial charge < -0.3 is 4.98 Å². The lowest BCUT2D eigenvalue weighted by Gasteiger charge is -1.95. The second-order valence-electron chi connectivity index (χ2n) is 4.28. The van der Waals surface area contributed by atoms with Gasteiger partial charge in [-0.2, -0.15) is 0 Å². The molecule has 0 spiro atoms. The van der Waals surface area contributed by atoms with E-state index >= 15 is 0 Å². The highest BCUT2D eigenvalue weighted by Gasteiger charge is 2.07. The molecule has 0 unspecified atom stereocenters. The maximum atomic E-state index is 4.68. The minimum atomic E-state index is 1.00. The quantitative estimate of drug-likeness (QED) is 0.567. The molecule has 0 fully saturated rings. The zero-order valence-electron chi connectivity index (χ0n) is 10.3. The van der Waals surface area contributed by atoms with Crippen molar-refractivity contribution in [1.29, 1.82) is 0 Å². The third-order valence-electron chi connectivity index (χ3n) is 2.95. The Morgan fingerprint density at radius 3 is 3.11 bits per heavy atom. The summed E-state index contributed by atoms with van der Waals surface area (Å²) in [6.45, 7) is 2.21. The van der Waals surface area contributed by atoms with E-state index < -0.39 is 0 Å². The molecule has 0 bridgehead atoms. The van der Waals surface area contributed by atoms with Crippen LogP contribution in [0.2, 0.25) is 0 Å². The van der Waals surface area contributed by atoms with E-state index in [2.05, 4.69) is 34.0 Å². The molecule has 3 rings (SSSR count).